The summed E-state index contributed by atoms with van der Waals surface area (Å²) in [6, 6.07) is 4.37. The molecular formula is C25H33FN4O3. The lowest BCUT2D eigenvalue weighted by atomic mass is 10.0. The number of hydrogen-bond acceptors (Lipinski definition) is 5. The van der Waals surface area contributed by atoms with E-state index >= 15 is 4.39 Å². The zero-order chi connectivity index (χ0) is 23.3. The summed E-state index contributed by atoms with van der Waals surface area (Å²) in [5.74, 6) is -1.72. The summed E-state index contributed by atoms with van der Waals surface area (Å²) in [5.41, 5.74) is 0.233. The van der Waals surface area contributed by atoms with E-state index in [1.165, 1.54) is 25.1 Å². The van der Waals surface area contributed by atoms with E-state index < -0.39 is 17.2 Å². The van der Waals surface area contributed by atoms with E-state index in [4.69, 9.17) is 0 Å². The predicted octanol–water partition coefficient (Wildman–Crippen LogP) is 3.17. The van der Waals surface area contributed by atoms with Crippen molar-refractivity contribution in [2.24, 2.45) is 0 Å². The highest BCUT2D eigenvalue weighted by Gasteiger charge is 2.31. The second kappa shape index (κ2) is 8.72. The monoisotopic (exact) mass is 456 g/mol. The summed E-state index contributed by atoms with van der Waals surface area (Å²) in [7, 11) is 0. The molecule has 178 valence electrons. The Morgan fingerprint density at radius 1 is 1.00 bits per heavy atom. The molecule has 0 spiro atoms. The van der Waals surface area contributed by atoms with Gasteiger partial charge in [-0.3, -0.25) is 9.69 Å². The molecule has 7 nitrogen and oxygen atoms in total. The molecular weight excluding hydrogens is 423 g/mol. The van der Waals surface area contributed by atoms with Crippen molar-refractivity contribution in [1.29, 1.82) is 0 Å². The topological polar surface area (TPSA) is 69.0 Å². The summed E-state index contributed by atoms with van der Waals surface area (Å²) >= 11 is 0. The minimum absolute atomic E-state index is 0.151. The molecule has 33 heavy (non-hydrogen) atoms. The maximum atomic E-state index is 15.2. The van der Waals surface area contributed by atoms with E-state index in [1.807, 2.05) is 4.57 Å². The van der Waals surface area contributed by atoms with Gasteiger partial charge in [-0.1, -0.05) is 0 Å². The maximum Gasteiger partial charge on any atom is 0.341 e. The number of rotatable bonds is 5. The Bertz CT molecular complexity index is 1110. The van der Waals surface area contributed by atoms with Crippen molar-refractivity contribution in [3.05, 3.63) is 39.9 Å². The Labute approximate surface area is 193 Å². The van der Waals surface area contributed by atoms with E-state index in [2.05, 4.69) is 28.5 Å². The molecule has 0 bridgehead atoms. The van der Waals surface area contributed by atoms with E-state index in [1.54, 1.807) is 6.07 Å². The van der Waals surface area contributed by atoms with Gasteiger partial charge in [-0.05, 0) is 64.8 Å². The number of halogens is 1. The van der Waals surface area contributed by atoms with Gasteiger partial charge in [0, 0.05) is 55.9 Å². The number of hydrogen-bond donors (Lipinski definition) is 1. The molecule has 3 fully saturated rings. The number of piperidine rings is 1. The Kier molecular flexibility index (Phi) is 5.91. The van der Waals surface area contributed by atoms with E-state index in [0.29, 0.717) is 23.3 Å². The molecule has 2 aromatic rings. The number of likely N-dealkylation sites (tertiary alicyclic amines) is 1. The standard InChI is InChI=1S/C25H33FN4O3/c1-16(2)27-7-5-17(6-8-27)28-9-11-29(12-10-28)23-14-22-19(13-21(23)26)24(31)20(25(32)33)15-30(22)18-3-4-18/h13-18H,3-12H2,1-2H3,(H,32,33). The second-order valence-corrected chi connectivity index (χ2v) is 10.0. The number of nitrogens with zero attached hydrogens (tertiary/aromatic N) is 4. The molecule has 1 aromatic heterocycles. The number of carboxylic acid groups (broad SMARTS) is 1. The molecule has 0 amide bonds. The molecule has 3 heterocycles. The average molecular weight is 457 g/mol. The fourth-order valence-electron chi connectivity index (χ4n) is 5.50. The molecule has 1 aliphatic carbocycles. The number of piperazine rings is 1. The summed E-state index contributed by atoms with van der Waals surface area (Å²) in [5, 5.41) is 9.58. The Morgan fingerprint density at radius 3 is 2.24 bits per heavy atom. The number of anilines is 1. The lowest BCUT2D eigenvalue weighted by Gasteiger charge is -2.44. The van der Waals surface area contributed by atoms with Gasteiger partial charge in [0.15, 0.2) is 0 Å². The molecule has 1 saturated carbocycles. The van der Waals surface area contributed by atoms with Crippen molar-refractivity contribution < 1.29 is 14.3 Å². The first-order valence-corrected chi connectivity index (χ1v) is 12.2. The van der Waals surface area contributed by atoms with Crippen LogP contribution in [0.25, 0.3) is 10.9 Å². The maximum absolute atomic E-state index is 15.2. The predicted molar refractivity (Wildman–Crippen MR) is 127 cm³/mol. The van der Waals surface area contributed by atoms with E-state index in [9.17, 15) is 14.7 Å². The zero-order valence-corrected chi connectivity index (χ0v) is 19.5. The van der Waals surface area contributed by atoms with E-state index in [0.717, 1.165) is 52.1 Å². The third kappa shape index (κ3) is 4.26. The second-order valence-electron chi connectivity index (χ2n) is 10.0. The van der Waals surface area contributed by atoms with Crippen molar-refractivity contribution >= 4 is 22.6 Å². The lowest BCUT2D eigenvalue weighted by molar-refractivity contribution is 0.0695. The van der Waals surface area contributed by atoms with Crippen LogP contribution in [0, 0.1) is 5.82 Å². The highest BCUT2D eigenvalue weighted by atomic mass is 19.1. The molecule has 1 aromatic carbocycles. The molecule has 0 atom stereocenters. The number of fused-ring (bicyclic) bond motifs is 1. The molecule has 2 aliphatic heterocycles. The number of aromatic carboxylic acids is 1. The Balaban J connectivity index is 1.36. The smallest absolute Gasteiger partial charge is 0.341 e. The van der Waals surface area contributed by atoms with Crippen LogP contribution in [-0.2, 0) is 0 Å². The molecule has 3 aliphatic rings. The highest BCUT2D eigenvalue weighted by molar-refractivity contribution is 5.93. The van der Waals surface area contributed by atoms with Gasteiger partial charge in [0.25, 0.3) is 0 Å². The van der Waals surface area contributed by atoms with Gasteiger partial charge >= 0.3 is 5.97 Å². The number of benzene rings is 1. The first kappa shape index (κ1) is 22.3. The largest absolute Gasteiger partial charge is 0.477 e. The van der Waals surface area contributed by atoms with Gasteiger partial charge in [0.1, 0.15) is 11.4 Å². The molecule has 8 heteroatoms. The molecule has 5 rings (SSSR count). The first-order chi connectivity index (χ1) is 15.8. The summed E-state index contributed by atoms with van der Waals surface area (Å²) in [4.78, 5) is 31.4. The summed E-state index contributed by atoms with van der Waals surface area (Å²) in [6.07, 6.45) is 5.69. The van der Waals surface area contributed by atoms with Crippen molar-refractivity contribution in [3.63, 3.8) is 0 Å². The Morgan fingerprint density at radius 2 is 1.67 bits per heavy atom. The Hall–Kier alpha value is -2.45. The number of pyridine rings is 1. The third-order valence-electron chi connectivity index (χ3n) is 7.67. The van der Waals surface area contributed by atoms with Gasteiger partial charge in [0.05, 0.1) is 11.2 Å². The summed E-state index contributed by atoms with van der Waals surface area (Å²) in [6.45, 7) is 10.1. The van der Waals surface area contributed by atoms with Gasteiger partial charge < -0.3 is 19.5 Å². The lowest BCUT2D eigenvalue weighted by Crippen LogP contribution is -2.54. The zero-order valence-electron chi connectivity index (χ0n) is 19.5. The van der Waals surface area contributed by atoms with Crippen molar-refractivity contribution in [1.82, 2.24) is 14.4 Å². The van der Waals surface area contributed by atoms with Crippen LogP contribution in [0.2, 0.25) is 0 Å². The van der Waals surface area contributed by atoms with Crippen LogP contribution >= 0.6 is 0 Å². The van der Waals surface area contributed by atoms with Gasteiger partial charge in [0.2, 0.25) is 5.43 Å². The number of carboxylic acids is 1. The molecule has 1 N–H and O–H groups in total. The van der Waals surface area contributed by atoms with Crippen LogP contribution in [0.15, 0.2) is 23.1 Å². The highest BCUT2D eigenvalue weighted by Crippen LogP contribution is 2.38. The minimum atomic E-state index is -1.27. The fourth-order valence-corrected chi connectivity index (χ4v) is 5.50. The normalized spacial score (nSPS) is 21.3. The van der Waals surface area contributed by atoms with Gasteiger partial charge in [-0.15, -0.1) is 0 Å². The van der Waals surface area contributed by atoms with Crippen LogP contribution in [0.4, 0.5) is 10.1 Å². The quantitative estimate of drug-likeness (QED) is 0.746. The molecule has 2 saturated heterocycles. The van der Waals surface area contributed by atoms with Crippen LogP contribution < -0.4 is 10.3 Å². The van der Waals surface area contributed by atoms with Crippen LogP contribution in [0.1, 0.15) is 55.9 Å². The molecule has 0 radical (unpaired) electrons. The van der Waals surface area contributed by atoms with Crippen LogP contribution in [-0.4, -0.2) is 76.8 Å². The van der Waals surface area contributed by atoms with Gasteiger partial charge in [-0.2, -0.15) is 0 Å². The first-order valence-electron chi connectivity index (χ1n) is 12.2. The van der Waals surface area contributed by atoms with Crippen LogP contribution in [0.5, 0.6) is 0 Å². The van der Waals surface area contributed by atoms with Crippen LogP contribution in [0.3, 0.4) is 0 Å². The van der Waals surface area contributed by atoms with Crippen molar-refractivity contribution in [2.45, 2.75) is 57.7 Å². The van der Waals surface area contributed by atoms with Crippen molar-refractivity contribution in [2.75, 3.05) is 44.2 Å². The number of aromatic nitrogens is 1. The number of carbonyl (C=O) groups is 1. The fraction of sp³-hybridized carbons (Fsp3) is 0.600. The third-order valence-corrected chi connectivity index (χ3v) is 7.67. The molecule has 0 unspecified atom stereocenters. The van der Waals surface area contributed by atoms with Crippen molar-refractivity contribution in [3.8, 4) is 0 Å². The van der Waals surface area contributed by atoms with Gasteiger partial charge in [-0.25, -0.2) is 9.18 Å². The summed E-state index contributed by atoms with van der Waals surface area (Å²) < 4.78 is 17.0. The SMILES string of the molecule is CC(C)N1CCC(N2CCN(c3cc4c(cc3F)c(=O)c(C(=O)O)cn4C3CC3)CC2)CC1. The minimum Gasteiger partial charge on any atom is -0.477 e. The van der Waals surface area contributed by atoms with E-state index in [-0.39, 0.29) is 17.0 Å². The average Bonchev–Trinajstić information content (AvgIpc) is 3.65.